The first-order chi connectivity index (χ1) is 4.20. The zero-order chi connectivity index (χ0) is 6.85. The average Bonchev–Trinajstić information content (AvgIpc) is 1.80. The molecular formula is C6H13N3. The van der Waals surface area contributed by atoms with E-state index < -0.39 is 0 Å². The Morgan fingerprint density at radius 3 is 3.00 bits per heavy atom. The zero-order valence-electron chi connectivity index (χ0n) is 5.89. The van der Waals surface area contributed by atoms with Crippen LogP contribution in [0.15, 0.2) is 11.9 Å². The van der Waals surface area contributed by atoms with Gasteiger partial charge in [-0.3, -0.25) is 4.90 Å². The van der Waals surface area contributed by atoms with Crippen molar-refractivity contribution in [3.63, 3.8) is 0 Å². The van der Waals surface area contributed by atoms with Crippen LogP contribution in [0, 0.1) is 0 Å². The van der Waals surface area contributed by atoms with E-state index in [1.54, 1.807) is 0 Å². The van der Waals surface area contributed by atoms with Crippen LogP contribution in [0.25, 0.3) is 0 Å². The summed E-state index contributed by atoms with van der Waals surface area (Å²) in [6.07, 6.45) is 2.34. The monoisotopic (exact) mass is 127 g/mol. The molecule has 1 unspecified atom stereocenters. The number of hydrogen-bond acceptors (Lipinski definition) is 3. The highest BCUT2D eigenvalue weighted by Crippen LogP contribution is 1.98. The third-order valence-electron chi connectivity index (χ3n) is 1.64. The van der Waals surface area contributed by atoms with E-state index in [0.29, 0.717) is 6.17 Å². The smallest absolute Gasteiger partial charge is 0.0944 e. The van der Waals surface area contributed by atoms with Crippen LogP contribution in [0.4, 0.5) is 0 Å². The van der Waals surface area contributed by atoms with Gasteiger partial charge in [0.25, 0.3) is 0 Å². The Morgan fingerprint density at radius 2 is 2.56 bits per heavy atom. The predicted molar refractivity (Wildman–Crippen MR) is 37.5 cm³/mol. The number of nitrogens with zero attached hydrogens (tertiary/aromatic N) is 1. The van der Waals surface area contributed by atoms with Gasteiger partial charge in [-0.25, -0.2) is 0 Å². The van der Waals surface area contributed by atoms with Crippen molar-refractivity contribution in [2.24, 2.45) is 5.73 Å². The number of nitrogens with two attached hydrogens (primary N) is 1. The molecule has 0 aromatic carbocycles. The number of likely N-dealkylation sites (N-methyl/N-ethyl adjacent to an activating group) is 1. The van der Waals surface area contributed by atoms with E-state index >= 15 is 0 Å². The Morgan fingerprint density at radius 1 is 1.89 bits per heavy atom. The fraction of sp³-hybridized carbons (Fsp3) is 0.667. The maximum Gasteiger partial charge on any atom is 0.0944 e. The number of rotatable bonds is 0. The fourth-order valence-electron chi connectivity index (χ4n) is 0.811. The summed E-state index contributed by atoms with van der Waals surface area (Å²) in [5, 5.41) is 3.09. The van der Waals surface area contributed by atoms with Crippen LogP contribution >= 0.6 is 0 Å². The first-order valence-corrected chi connectivity index (χ1v) is 3.12. The Kier molecular flexibility index (Phi) is 1.62. The topological polar surface area (TPSA) is 41.3 Å². The molecule has 0 spiro atoms. The lowest BCUT2D eigenvalue weighted by Gasteiger charge is -2.29. The van der Waals surface area contributed by atoms with Gasteiger partial charge in [-0.2, -0.15) is 0 Å². The lowest BCUT2D eigenvalue weighted by molar-refractivity contribution is 0.239. The third-order valence-corrected chi connectivity index (χ3v) is 1.64. The summed E-state index contributed by atoms with van der Waals surface area (Å²) >= 11 is 0. The highest BCUT2D eigenvalue weighted by Gasteiger charge is 2.11. The summed E-state index contributed by atoms with van der Waals surface area (Å²) in [7, 11) is 2.06. The van der Waals surface area contributed by atoms with Crippen molar-refractivity contribution in [1.29, 1.82) is 0 Å². The van der Waals surface area contributed by atoms with Gasteiger partial charge in [0.15, 0.2) is 0 Å². The van der Waals surface area contributed by atoms with Gasteiger partial charge >= 0.3 is 0 Å². The van der Waals surface area contributed by atoms with E-state index in [0.717, 1.165) is 12.4 Å². The lowest BCUT2D eigenvalue weighted by Crippen LogP contribution is -2.46. The van der Waals surface area contributed by atoms with E-state index in [4.69, 9.17) is 5.73 Å². The largest absolute Gasteiger partial charge is 0.386 e. The maximum absolute atomic E-state index is 5.51. The molecule has 1 atom stereocenters. The molecule has 3 nitrogen and oxygen atoms in total. The van der Waals surface area contributed by atoms with Gasteiger partial charge in [-0.15, -0.1) is 0 Å². The standard InChI is InChI=1S/C6H13N3/c1-5-8-6(7)3-4-9(5)2/h3,5,8H,4,7H2,1-2H3. The van der Waals surface area contributed by atoms with E-state index in [-0.39, 0.29) is 0 Å². The van der Waals surface area contributed by atoms with Crippen molar-refractivity contribution in [2.75, 3.05) is 13.6 Å². The van der Waals surface area contributed by atoms with Crippen LogP contribution in [0.1, 0.15) is 6.92 Å². The molecule has 1 aliphatic heterocycles. The van der Waals surface area contributed by atoms with Crippen LogP contribution < -0.4 is 11.1 Å². The van der Waals surface area contributed by atoms with Gasteiger partial charge < -0.3 is 11.1 Å². The second-order valence-corrected chi connectivity index (χ2v) is 2.42. The first kappa shape index (κ1) is 6.42. The second kappa shape index (κ2) is 2.27. The molecule has 1 rings (SSSR count). The van der Waals surface area contributed by atoms with Crippen LogP contribution in [0.2, 0.25) is 0 Å². The molecule has 0 saturated carbocycles. The van der Waals surface area contributed by atoms with E-state index in [1.165, 1.54) is 0 Å². The summed E-state index contributed by atoms with van der Waals surface area (Å²) in [4.78, 5) is 2.18. The Bertz CT molecular complexity index is 130. The van der Waals surface area contributed by atoms with Crippen LogP contribution in [-0.4, -0.2) is 24.7 Å². The number of hydrogen-bond donors (Lipinski definition) is 2. The third kappa shape index (κ3) is 1.36. The van der Waals surface area contributed by atoms with Gasteiger partial charge in [0.1, 0.15) is 0 Å². The molecule has 0 fully saturated rings. The molecule has 0 amide bonds. The quantitative estimate of drug-likeness (QED) is 0.468. The molecule has 0 aromatic rings. The molecule has 0 radical (unpaired) electrons. The molecule has 0 aliphatic carbocycles. The Labute approximate surface area is 55.5 Å². The normalized spacial score (nSPS) is 29.1. The average molecular weight is 127 g/mol. The van der Waals surface area contributed by atoms with Crippen molar-refractivity contribution < 1.29 is 0 Å². The van der Waals surface area contributed by atoms with E-state index in [2.05, 4.69) is 24.2 Å². The SMILES string of the molecule is CC1NC(N)=CCN1C. The molecule has 3 heteroatoms. The van der Waals surface area contributed by atoms with E-state index in [1.807, 2.05) is 6.08 Å². The Hall–Kier alpha value is -0.700. The van der Waals surface area contributed by atoms with Crippen LogP contribution in [-0.2, 0) is 0 Å². The van der Waals surface area contributed by atoms with Crippen molar-refractivity contribution >= 4 is 0 Å². The molecule has 0 aromatic heterocycles. The predicted octanol–water partition coefficient (Wildman–Crippen LogP) is -0.332. The summed E-state index contributed by atoms with van der Waals surface area (Å²) in [5.41, 5.74) is 5.51. The van der Waals surface area contributed by atoms with Gasteiger partial charge in [0, 0.05) is 6.54 Å². The zero-order valence-corrected chi connectivity index (χ0v) is 5.89. The molecular weight excluding hydrogens is 114 g/mol. The van der Waals surface area contributed by atoms with Gasteiger partial charge in [0.2, 0.25) is 0 Å². The van der Waals surface area contributed by atoms with Gasteiger partial charge in [-0.05, 0) is 20.0 Å². The van der Waals surface area contributed by atoms with Crippen molar-refractivity contribution in [3.05, 3.63) is 11.9 Å². The van der Waals surface area contributed by atoms with Crippen molar-refractivity contribution in [3.8, 4) is 0 Å². The number of nitrogens with one attached hydrogen (secondary N) is 1. The highest BCUT2D eigenvalue weighted by atomic mass is 15.3. The molecule has 0 bridgehead atoms. The molecule has 1 heterocycles. The minimum Gasteiger partial charge on any atom is -0.386 e. The van der Waals surface area contributed by atoms with Gasteiger partial charge in [-0.1, -0.05) is 0 Å². The lowest BCUT2D eigenvalue weighted by atomic mass is 10.3. The van der Waals surface area contributed by atoms with Crippen LogP contribution in [0.5, 0.6) is 0 Å². The molecule has 3 N–H and O–H groups in total. The minimum atomic E-state index is 0.370. The molecule has 0 saturated heterocycles. The van der Waals surface area contributed by atoms with Crippen LogP contribution in [0.3, 0.4) is 0 Å². The Balaban J connectivity index is 2.54. The molecule has 1 aliphatic rings. The summed E-state index contributed by atoms with van der Waals surface area (Å²) < 4.78 is 0. The highest BCUT2D eigenvalue weighted by molar-refractivity contribution is 5.00. The summed E-state index contributed by atoms with van der Waals surface area (Å²) in [6.45, 7) is 3.03. The van der Waals surface area contributed by atoms with Crippen molar-refractivity contribution in [2.45, 2.75) is 13.1 Å². The van der Waals surface area contributed by atoms with Gasteiger partial charge in [0.05, 0.1) is 12.0 Å². The molecule has 9 heavy (non-hydrogen) atoms. The first-order valence-electron chi connectivity index (χ1n) is 3.12. The second-order valence-electron chi connectivity index (χ2n) is 2.42. The van der Waals surface area contributed by atoms with Crippen molar-refractivity contribution in [1.82, 2.24) is 10.2 Å². The summed E-state index contributed by atoms with van der Waals surface area (Å²) in [6, 6.07) is 0. The van der Waals surface area contributed by atoms with E-state index in [9.17, 15) is 0 Å². The molecule has 52 valence electrons. The fourth-order valence-corrected chi connectivity index (χ4v) is 0.811. The maximum atomic E-state index is 5.51. The summed E-state index contributed by atoms with van der Waals surface area (Å²) in [5.74, 6) is 0.792. The minimum absolute atomic E-state index is 0.370.